The minimum atomic E-state index is -2.40. The highest BCUT2D eigenvalue weighted by Gasteiger charge is 2.49. The van der Waals surface area contributed by atoms with Crippen LogP contribution in [0.4, 0.5) is 0 Å². The van der Waals surface area contributed by atoms with Crippen molar-refractivity contribution in [2.24, 2.45) is 0 Å². The second kappa shape index (κ2) is 21.7. The Kier molecular flexibility index (Phi) is 21.8. The van der Waals surface area contributed by atoms with Crippen molar-refractivity contribution in [3.8, 4) is 0 Å². The largest absolute Gasteiger partial charge is 0.414 e. The minimum Gasteiger partial charge on any atom is -0.414 e. The Morgan fingerprint density at radius 3 is 0.741 bits per heavy atom. The maximum atomic E-state index is 12.3. The summed E-state index contributed by atoms with van der Waals surface area (Å²) in [6.07, 6.45) is 4.35. The molecule has 0 bridgehead atoms. The van der Waals surface area contributed by atoms with E-state index in [1.54, 1.807) is 0 Å². The van der Waals surface area contributed by atoms with Gasteiger partial charge >= 0.3 is 0 Å². The predicted octanol–water partition coefficient (Wildman–Crippen LogP) is 14.8. The van der Waals surface area contributed by atoms with Gasteiger partial charge in [0.1, 0.15) is 12.6 Å². The number of carbonyl (C=O) groups is 2. The molecule has 0 aliphatic rings. The molecule has 0 aromatic rings. The normalized spacial score (nSPS) is 17.5. The topological polar surface area (TPSA) is 80.3 Å². The molecule has 0 aromatic heterocycles. The molecule has 0 rings (SSSR count). The highest BCUT2D eigenvalue weighted by Crippen LogP contribution is 2.47. The Morgan fingerprint density at radius 2 is 0.552 bits per heavy atom. The summed E-state index contributed by atoms with van der Waals surface area (Å²) in [6.45, 7) is 59.9. The number of aldehydes is 2. The third-order valence-electron chi connectivity index (χ3n) is 15.0. The van der Waals surface area contributed by atoms with Crippen LogP contribution in [0.25, 0.3) is 0 Å². The first-order valence-corrected chi connectivity index (χ1v) is 36.7. The lowest BCUT2D eigenvalue weighted by atomic mass is 9.98. The van der Waals surface area contributed by atoms with Gasteiger partial charge < -0.3 is 31.7 Å². The van der Waals surface area contributed by atoms with E-state index in [1.807, 2.05) is 0 Å². The van der Waals surface area contributed by atoms with Crippen molar-refractivity contribution in [1.29, 1.82) is 0 Å². The summed E-state index contributed by atoms with van der Waals surface area (Å²) in [5.41, 5.74) is 1.18. The van der Waals surface area contributed by atoms with Crippen LogP contribution in [0.1, 0.15) is 163 Å². The molecule has 0 saturated heterocycles. The third-order valence-corrected chi connectivity index (χ3v) is 39.3. The Hall–Kier alpha value is 0.224. The molecule has 0 radical (unpaired) electrons. The highest BCUT2D eigenvalue weighted by molar-refractivity contribution is 6.78. The van der Waals surface area contributed by atoms with Gasteiger partial charge in [-0.25, -0.2) is 0 Å². The van der Waals surface area contributed by atoms with Crippen molar-refractivity contribution in [2.75, 3.05) is 0 Å². The molecule has 7 nitrogen and oxygen atoms in total. The zero-order chi connectivity index (χ0) is 46.3. The van der Waals surface area contributed by atoms with Gasteiger partial charge in [-0.3, -0.25) is 0 Å². The van der Waals surface area contributed by atoms with Gasteiger partial charge in [0.25, 0.3) is 0 Å². The first kappa shape index (κ1) is 58.2. The van der Waals surface area contributed by atoms with E-state index in [-0.39, 0.29) is 50.7 Å². The van der Waals surface area contributed by atoms with Crippen molar-refractivity contribution in [3.63, 3.8) is 0 Å². The summed E-state index contributed by atoms with van der Waals surface area (Å²) in [6, 6.07) is 0. The average molecular weight is 906 g/mol. The summed E-state index contributed by atoms with van der Waals surface area (Å²) in [7, 11) is -11.4. The Balaban J connectivity index is 7.87. The van der Waals surface area contributed by atoms with E-state index in [0.29, 0.717) is 55.1 Å². The van der Waals surface area contributed by atoms with Crippen molar-refractivity contribution < 1.29 is 31.7 Å². The van der Waals surface area contributed by atoms with E-state index in [9.17, 15) is 9.59 Å². The molecule has 12 heteroatoms. The summed E-state index contributed by atoms with van der Waals surface area (Å²) in [4.78, 5) is 24.7. The summed E-state index contributed by atoms with van der Waals surface area (Å²) < 4.78 is 36.9. The van der Waals surface area contributed by atoms with E-state index >= 15 is 0 Å². The van der Waals surface area contributed by atoms with E-state index < -0.39 is 41.6 Å². The molecule has 0 spiro atoms. The van der Waals surface area contributed by atoms with Crippen molar-refractivity contribution in [2.45, 2.75) is 283 Å². The van der Waals surface area contributed by atoms with Crippen LogP contribution < -0.4 is 0 Å². The van der Waals surface area contributed by atoms with Crippen LogP contribution in [0.15, 0.2) is 0 Å². The molecule has 0 heterocycles. The third kappa shape index (κ3) is 16.7. The standard InChI is InChI=1S/C46H100O7Si5/c1-35(2)58(36(3)4,37(5)6)53-42(33-40(51-56(23,24)45(13,14)15)31-38(27-29-47)49-54(19,20)43(7,8)9)34-41(52-57(25,26)46(16,17)18)32-39(28-30-48)50-55(21,22)44(10,11)12/h29-30,35-42H,27-28,31-34H2,1-26H3/t38-,39+,40-,41+,42?. The van der Waals surface area contributed by atoms with Gasteiger partial charge in [-0.15, -0.1) is 0 Å². The smallest absolute Gasteiger partial charge is 0.200 e. The fourth-order valence-corrected chi connectivity index (χ4v) is 18.5. The fourth-order valence-electron chi connectivity index (χ4n) is 7.42. The van der Waals surface area contributed by atoms with Crippen molar-refractivity contribution in [1.82, 2.24) is 0 Å². The molecule has 58 heavy (non-hydrogen) atoms. The number of carbonyl (C=O) groups excluding carboxylic acids is 2. The van der Waals surface area contributed by atoms with E-state index in [4.69, 9.17) is 22.1 Å². The number of rotatable bonds is 25. The Bertz CT molecular complexity index is 1140. The first-order chi connectivity index (χ1) is 25.6. The molecule has 0 fully saturated rings. The molecule has 0 N–H and O–H groups in total. The number of hydrogen-bond acceptors (Lipinski definition) is 7. The summed E-state index contributed by atoms with van der Waals surface area (Å²) in [5, 5.41) is -0.00619. The van der Waals surface area contributed by atoms with Crippen LogP contribution in [0.2, 0.25) is 89.2 Å². The van der Waals surface area contributed by atoms with E-state index in [2.05, 4.69) is 177 Å². The fraction of sp³-hybridized carbons (Fsp3) is 0.957. The van der Waals surface area contributed by atoms with Gasteiger partial charge in [0.2, 0.25) is 8.32 Å². The maximum absolute atomic E-state index is 12.3. The monoisotopic (exact) mass is 905 g/mol. The van der Waals surface area contributed by atoms with Crippen LogP contribution in [0.5, 0.6) is 0 Å². The molecule has 5 atom stereocenters. The van der Waals surface area contributed by atoms with Crippen LogP contribution in [-0.2, 0) is 31.7 Å². The predicted molar refractivity (Wildman–Crippen MR) is 264 cm³/mol. The quantitative estimate of drug-likeness (QED) is 0.0667. The van der Waals surface area contributed by atoms with Crippen LogP contribution in [-0.4, -0.2) is 84.7 Å². The van der Waals surface area contributed by atoms with Crippen molar-refractivity contribution >= 4 is 54.2 Å². The van der Waals surface area contributed by atoms with Gasteiger partial charge in [0.15, 0.2) is 33.3 Å². The summed E-state index contributed by atoms with van der Waals surface area (Å²) >= 11 is 0. The highest BCUT2D eigenvalue weighted by atomic mass is 28.4. The van der Waals surface area contributed by atoms with Crippen LogP contribution in [0.3, 0.4) is 0 Å². The molecule has 0 amide bonds. The Morgan fingerprint density at radius 1 is 0.362 bits per heavy atom. The molecule has 0 aliphatic heterocycles. The maximum Gasteiger partial charge on any atom is 0.200 e. The van der Waals surface area contributed by atoms with Gasteiger partial charge in [0.05, 0.1) is 12.2 Å². The second-order valence-electron chi connectivity index (χ2n) is 24.8. The molecular formula is C46H100O7Si5. The lowest BCUT2D eigenvalue weighted by Gasteiger charge is -2.48. The van der Waals surface area contributed by atoms with Crippen LogP contribution >= 0.6 is 0 Å². The van der Waals surface area contributed by atoms with E-state index in [1.165, 1.54) is 0 Å². The molecule has 0 saturated carbocycles. The zero-order valence-electron chi connectivity index (χ0n) is 43.4. The van der Waals surface area contributed by atoms with E-state index in [0.717, 1.165) is 12.6 Å². The first-order valence-electron chi connectivity index (χ1n) is 22.9. The second-order valence-corrected chi connectivity index (χ2v) is 49.2. The van der Waals surface area contributed by atoms with Gasteiger partial charge in [-0.05, 0) is 115 Å². The van der Waals surface area contributed by atoms with Crippen LogP contribution in [0, 0.1) is 0 Å². The minimum absolute atomic E-state index is 0.00537. The zero-order valence-corrected chi connectivity index (χ0v) is 48.4. The lowest BCUT2D eigenvalue weighted by molar-refractivity contribution is -0.110. The van der Waals surface area contributed by atoms with Crippen molar-refractivity contribution in [3.05, 3.63) is 0 Å². The summed E-state index contributed by atoms with van der Waals surface area (Å²) in [5.74, 6) is 0. The SMILES string of the molecule is CC(C)[Si](OC(C[C@H](C[C@H](CC=O)O[Si](C)(C)C(C)(C)C)O[Si](C)(C)C(C)(C)C)C[C@@H](C[C@@H](CC=O)O[Si](C)(C)C(C)(C)C)O[Si](C)(C)C(C)(C)C)(C(C)C)C(C)C. The lowest BCUT2D eigenvalue weighted by Crippen LogP contribution is -2.53. The van der Waals surface area contributed by atoms with Gasteiger partial charge in [0, 0.05) is 31.2 Å². The van der Waals surface area contributed by atoms with Gasteiger partial charge in [-0.2, -0.15) is 0 Å². The molecule has 0 aliphatic carbocycles. The molecule has 1 unspecified atom stereocenters. The Labute approximate surface area is 367 Å². The average Bonchev–Trinajstić information content (AvgIpc) is 2.96. The molecule has 346 valence electrons. The van der Waals surface area contributed by atoms with Gasteiger partial charge in [-0.1, -0.05) is 125 Å². The molecular weight excluding hydrogens is 805 g/mol. The molecule has 0 aromatic carbocycles. The number of hydrogen-bond donors (Lipinski definition) is 0.